The number of rotatable bonds is 4. The highest BCUT2D eigenvalue weighted by Gasteiger charge is 2.15. The van der Waals surface area contributed by atoms with Crippen molar-refractivity contribution in [3.8, 4) is 17.2 Å². The lowest BCUT2D eigenvalue weighted by molar-refractivity contribution is 0.413. The number of hydrogen-bond acceptors (Lipinski definition) is 5. The lowest BCUT2D eigenvalue weighted by atomic mass is 10.3. The van der Waals surface area contributed by atoms with Crippen LogP contribution in [-0.2, 0) is 10.0 Å². The summed E-state index contributed by atoms with van der Waals surface area (Å²) in [6, 6.07) is 11.2. The molecule has 20 heavy (non-hydrogen) atoms. The van der Waals surface area contributed by atoms with E-state index in [-0.39, 0.29) is 16.3 Å². The molecule has 0 fully saturated rings. The third-order valence-electron chi connectivity index (χ3n) is 2.62. The molecule has 0 unspecified atom stereocenters. The van der Waals surface area contributed by atoms with Gasteiger partial charge in [0.25, 0.3) is 0 Å². The van der Waals surface area contributed by atoms with Crippen molar-refractivity contribution >= 4 is 15.7 Å². The molecule has 4 N–H and O–H groups in total. The second-order valence-electron chi connectivity index (χ2n) is 3.99. The maximum Gasteiger partial charge on any atom is 0.240 e. The van der Waals surface area contributed by atoms with Gasteiger partial charge in [0.05, 0.1) is 12.8 Å². The fraction of sp³-hybridized carbons (Fsp3) is 0.0769. The van der Waals surface area contributed by atoms with Crippen molar-refractivity contribution in [1.29, 1.82) is 0 Å². The highest BCUT2D eigenvalue weighted by molar-refractivity contribution is 7.89. The van der Waals surface area contributed by atoms with Crippen LogP contribution in [0.5, 0.6) is 17.2 Å². The highest BCUT2D eigenvalue weighted by Crippen LogP contribution is 2.32. The van der Waals surface area contributed by atoms with E-state index in [0.29, 0.717) is 11.5 Å². The van der Waals surface area contributed by atoms with E-state index in [1.54, 1.807) is 37.4 Å². The molecule has 0 spiro atoms. The Labute approximate surface area is 117 Å². The van der Waals surface area contributed by atoms with E-state index in [2.05, 4.69) is 0 Å². The summed E-state index contributed by atoms with van der Waals surface area (Å²) in [4.78, 5) is -0.163. The maximum atomic E-state index is 11.4. The van der Waals surface area contributed by atoms with Crippen LogP contribution in [0.3, 0.4) is 0 Å². The minimum Gasteiger partial charge on any atom is -0.497 e. The second-order valence-corrected chi connectivity index (χ2v) is 5.52. The topological polar surface area (TPSA) is 105 Å². The molecule has 6 nitrogen and oxygen atoms in total. The number of nitrogen functional groups attached to an aromatic ring is 1. The monoisotopic (exact) mass is 294 g/mol. The summed E-state index contributed by atoms with van der Waals surface area (Å²) in [7, 11) is -2.32. The van der Waals surface area contributed by atoms with Crippen molar-refractivity contribution in [3.63, 3.8) is 0 Å². The van der Waals surface area contributed by atoms with Gasteiger partial charge in [0.1, 0.15) is 16.4 Å². The van der Waals surface area contributed by atoms with Crippen molar-refractivity contribution in [2.24, 2.45) is 5.14 Å². The van der Waals surface area contributed by atoms with Crippen molar-refractivity contribution in [2.75, 3.05) is 12.8 Å². The van der Waals surface area contributed by atoms with Gasteiger partial charge in [0, 0.05) is 0 Å². The van der Waals surface area contributed by atoms with E-state index in [1.807, 2.05) is 0 Å². The number of hydrogen-bond donors (Lipinski definition) is 2. The third kappa shape index (κ3) is 3.01. The Hall–Kier alpha value is -2.25. The molecule has 0 heterocycles. The fourth-order valence-corrected chi connectivity index (χ4v) is 2.31. The van der Waals surface area contributed by atoms with E-state index >= 15 is 0 Å². The van der Waals surface area contributed by atoms with E-state index in [1.165, 1.54) is 12.1 Å². The largest absolute Gasteiger partial charge is 0.497 e. The summed E-state index contributed by atoms with van der Waals surface area (Å²) in [5.41, 5.74) is 5.74. The van der Waals surface area contributed by atoms with Gasteiger partial charge in [-0.3, -0.25) is 0 Å². The van der Waals surface area contributed by atoms with Crippen LogP contribution in [0.15, 0.2) is 47.4 Å². The molecule has 7 heteroatoms. The SMILES string of the molecule is COc1ccc(Oc2cccc(S(N)(=O)=O)c2N)cc1. The van der Waals surface area contributed by atoms with Crippen molar-refractivity contribution < 1.29 is 17.9 Å². The van der Waals surface area contributed by atoms with Crippen molar-refractivity contribution in [3.05, 3.63) is 42.5 Å². The van der Waals surface area contributed by atoms with Gasteiger partial charge in [-0.05, 0) is 36.4 Å². The number of ether oxygens (including phenoxy) is 2. The maximum absolute atomic E-state index is 11.4. The zero-order valence-corrected chi connectivity index (χ0v) is 11.6. The van der Waals surface area contributed by atoms with E-state index in [9.17, 15) is 8.42 Å². The van der Waals surface area contributed by atoms with Crippen LogP contribution < -0.4 is 20.3 Å². The minimum absolute atomic E-state index is 0.0224. The van der Waals surface area contributed by atoms with Crippen LogP contribution in [0.2, 0.25) is 0 Å². The lowest BCUT2D eigenvalue weighted by Gasteiger charge is -2.11. The Morgan fingerprint density at radius 1 is 1.00 bits per heavy atom. The molecule has 2 aromatic carbocycles. The molecule has 0 amide bonds. The summed E-state index contributed by atoms with van der Waals surface area (Å²) in [5.74, 6) is 1.41. The number of sulfonamides is 1. The molecule has 0 bridgehead atoms. The Bertz CT molecular complexity index is 712. The zero-order valence-electron chi connectivity index (χ0n) is 10.7. The summed E-state index contributed by atoms with van der Waals surface area (Å²) in [5, 5.41) is 5.08. The molecule has 0 radical (unpaired) electrons. The van der Waals surface area contributed by atoms with Crippen LogP contribution in [0, 0.1) is 0 Å². The van der Waals surface area contributed by atoms with E-state index in [0.717, 1.165) is 0 Å². The number of primary sulfonamides is 1. The first kappa shape index (κ1) is 14.2. The Morgan fingerprint density at radius 3 is 2.15 bits per heavy atom. The van der Waals surface area contributed by atoms with Crippen LogP contribution >= 0.6 is 0 Å². The molecule has 0 saturated carbocycles. The average Bonchev–Trinajstić information content (AvgIpc) is 2.40. The first-order chi connectivity index (χ1) is 9.41. The smallest absolute Gasteiger partial charge is 0.240 e. The van der Waals surface area contributed by atoms with E-state index in [4.69, 9.17) is 20.3 Å². The normalized spacial score (nSPS) is 11.1. The summed E-state index contributed by atoms with van der Waals surface area (Å²) in [6.07, 6.45) is 0. The molecular formula is C13H14N2O4S. The van der Waals surface area contributed by atoms with Gasteiger partial charge in [0.15, 0.2) is 5.75 Å². The average molecular weight is 294 g/mol. The Kier molecular flexibility index (Phi) is 3.82. The standard InChI is InChI=1S/C13H14N2O4S/c1-18-9-5-7-10(8-6-9)19-11-3-2-4-12(13(11)14)20(15,16)17/h2-8H,14H2,1H3,(H2,15,16,17). The van der Waals surface area contributed by atoms with Gasteiger partial charge in [-0.25, -0.2) is 13.6 Å². The summed E-state index contributed by atoms with van der Waals surface area (Å²) >= 11 is 0. The quantitative estimate of drug-likeness (QED) is 0.835. The molecule has 0 atom stereocenters. The zero-order chi connectivity index (χ0) is 14.8. The highest BCUT2D eigenvalue weighted by atomic mass is 32.2. The minimum atomic E-state index is -3.88. The summed E-state index contributed by atoms with van der Waals surface area (Å²) in [6.45, 7) is 0. The van der Waals surface area contributed by atoms with Crippen molar-refractivity contribution in [2.45, 2.75) is 4.90 Å². The van der Waals surface area contributed by atoms with Gasteiger partial charge in [-0.2, -0.15) is 0 Å². The fourth-order valence-electron chi connectivity index (χ4n) is 1.63. The molecular weight excluding hydrogens is 280 g/mol. The molecule has 0 aromatic heterocycles. The first-order valence-corrected chi connectivity index (χ1v) is 7.19. The van der Waals surface area contributed by atoms with Crippen LogP contribution in [0.1, 0.15) is 0 Å². The first-order valence-electron chi connectivity index (χ1n) is 5.65. The summed E-state index contributed by atoms with van der Waals surface area (Å²) < 4.78 is 33.3. The van der Waals surface area contributed by atoms with Gasteiger partial charge < -0.3 is 15.2 Å². The number of anilines is 1. The number of benzene rings is 2. The molecule has 106 valence electrons. The van der Waals surface area contributed by atoms with Crippen molar-refractivity contribution in [1.82, 2.24) is 0 Å². The molecule has 0 saturated heterocycles. The molecule has 0 aliphatic carbocycles. The third-order valence-corrected chi connectivity index (χ3v) is 3.59. The number of para-hydroxylation sites is 1. The second kappa shape index (κ2) is 5.40. The number of nitrogens with two attached hydrogens (primary N) is 2. The van der Waals surface area contributed by atoms with Gasteiger partial charge in [-0.15, -0.1) is 0 Å². The van der Waals surface area contributed by atoms with Crippen LogP contribution in [0.4, 0.5) is 5.69 Å². The predicted octanol–water partition coefficient (Wildman–Crippen LogP) is 1.72. The van der Waals surface area contributed by atoms with E-state index < -0.39 is 10.0 Å². The Balaban J connectivity index is 2.34. The van der Waals surface area contributed by atoms with Gasteiger partial charge in [-0.1, -0.05) is 6.07 Å². The molecule has 0 aliphatic rings. The Morgan fingerprint density at radius 2 is 1.60 bits per heavy atom. The van der Waals surface area contributed by atoms with Crippen LogP contribution in [-0.4, -0.2) is 15.5 Å². The molecule has 2 rings (SSSR count). The van der Waals surface area contributed by atoms with Crippen LogP contribution in [0.25, 0.3) is 0 Å². The van der Waals surface area contributed by atoms with Gasteiger partial charge in [0.2, 0.25) is 10.0 Å². The lowest BCUT2D eigenvalue weighted by Crippen LogP contribution is -2.14. The number of methoxy groups -OCH3 is 1. The molecule has 0 aliphatic heterocycles. The predicted molar refractivity (Wildman–Crippen MR) is 75.3 cm³/mol. The van der Waals surface area contributed by atoms with Gasteiger partial charge >= 0.3 is 0 Å². The molecule has 2 aromatic rings.